The zero-order valence-corrected chi connectivity index (χ0v) is 17.0. The number of benzene rings is 1. The van der Waals surface area contributed by atoms with E-state index < -0.39 is 15.9 Å². The first-order valence-electron chi connectivity index (χ1n) is 8.63. The highest BCUT2D eigenvalue weighted by atomic mass is 35.6. The smallest absolute Gasteiger partial charge is 0.410 e. The predicted molar refractivity (Wildman–Crippen MR) is 102 cm³/mol. The van der Waals surface area contributed by atoms with Gasteiger partial charge in [-0.15, -0.1) is 0 Å². The van der Waals surface area contributed by atoms with Gasteiger partial charge >= 0.3 is 12.1 Å². The maximum Gasteiger partial charge on any atom is 0.410 e. The van der Waals surface area contributed by atoms with Gasteiger partial charge in [0.1, 0.15) is 18.5 Å². The maximum atomic E-state index is 12.4. The minimum atomic E-state index is -1.64. The number of ether oxygens (including phenoxy) is 3. The lowest BCUT2D eigenvalue weighted by atomic mass is 10.00. The van der Waals surface area contributed by atoms with E-state index in [1.54, 1.807) is 36.3 Å². The summed E-state index contributed by atoms with van der Waals surface area (Å²) in [6.07, 6.45) is 2.05. The van der Waals surface area contributed by atoms with Gasteiger partial charge in [-0.2, -0.15) is 0 Å². The van der Waals surface area contributed by atoms with Gasteiger partial charge in [-0.1, -0.05) is 40.9 Å². The molecule has 1 unspecified atom stereocenters. The Morgan fingerprint density at radius 3 is 2.44 bits per heavy atom. The third-order valence-electron chi connectivity index (χ3n) is 4.84. The molecule has 0 spiro atoms. The van der Waals surface area contributed by atoms with Gasteiger partial charge in [-0.05, 0) is 31.0 Å². The summed E-state index contributed by atoms with van der Waals surface area (Å²) in [5, 5.41) is 0. The number of fused-ring (bicyclic) bond motifs is 2. The average Bonchev–Trinajstić information content (AvgIpc) is 2.90. The first-order valence-corrected chi connectivity index (χ1v) is 9.77. The summed E-state index contributed by atoms with van der Waals surface area (Å²) >= 11 is 16.9. The standard InChI is InChI=1S/C18H20Cl3NO5/c1-25-14-4-2-3-11(7-14)16(23)27-15-8-12-5-6-13(9-15)22(12)17(24)26-10-18(19,20)21/h2-4,7,12-13,15H,5-6,8-10H2,1H3/t12-,13+,15?. The number of hydrogen-bond donors (Lipinski definition) is 0. The molecule has 9 heteroatoms. The van der Waals surface area contributed by atoms with Crippen LogP contribution in [-0.2, 0) is 9.47 Å². The van der Waals surface area contributed by atoms with Crippen LogP contribution in [0.25, 0.3) is 0 Å². The molecule has 27 heavy (non-hydrogen) atoms. The van der Waals surface area contributed by atoms with Crippen molar-refractivity contribution in [3.8, 4) is 5.75 Å². The molecule has 6 nitrogen and oxygen atoms in total. The lowest BCUT2D eigenvalue weighted by Crippen LogP contribution is -2.49. The highest BCUT2D eigenvalue weighted by molar-refractivity contribution is 6.67. The van der Waals surface area contributed by atoms with Crippen LogP contribution in [-0.4, -0.2) is 52.7 Å². The molecule has 2 aliphatic heterocycles. The number of piperidine rings is 1. The van der Waals surface area contributed by atoms with Gasteiger partial charge in [0, 0.05) is 24.9 Å². The first kappa shape index (κ1) is 20.4. The van der Waals surface area contributed by atoms with Crippen molar-refractivity contribution < 1.29 is 23.8 Å². The molecule has 148 valence electrons. The highest BCUT2D eigenvalue weighted by Gasteiger charge is 2.45. The monoisotopic (exact) mass is 435 g/mol. The van der Waals surface area contributed by atoms with Crippen LogP contribution in [0, 0.1) is 0 Å². The number of amides is 1. The maximum absolute atomic E-state index is 12.4. The average molecular weight is 437 g/mol. The molecule has 1 aromatic rings. The van der Waals surface area contributed by atoms with Crippen LogP contribution >= 0.6 is 34.8 Å². The van der Waals surface area contributed by atoms with Gasteiger partial charge in [-0.3, -0.25) is 0 Å². The second kappa shape index (κ2) is 8.33. The van der Waals surface area contributed by atoms with Crippen molar-refractivity contribution in [2.75, 3.05) is 13.7 Å². The normalized spacial score (nSPS) is 24.4. The fraction of sp³-hybridized carbons (Fsp3) is 0.556. The molecule has 0 aliphatic carbocycles. The number of nitrogens with zero attached hydrogens (tertiary/aromatic N) is 1. The molecule has 1 aromatic carbocycles. The highest BCUT2D eigenvalue weighted by Crippen LogP contribution is 2.38. The van der Waals surface area contributed by atoms with E-state index in [9.17, 15) is 9.59 Å². The van der Waals surface area contributed by atoms with Crippen molar-refractivity contribution in [3.05, 3.63) is 29.8 Å². The minimum Gasteiger partial charge on any atom is -0.497 e. The lowest BCUT2D eigenvalue weighted by Gasteiger charge is -2.37. The number of rotatable bonds is 4. The van der Waals surface area contributed by atoms with Crippen molar-refractivity contribution in [3.63, 3.8) is 0 Å². The van der Waals surface area contributed by atoms with Crippen LogP contribution in [0.4, 0.5) is 4.79 Å². The van der Waals surface area contributed by atoms with Gasteiger partial charge in [-0.25, -0.2) is 9.59 Å². The van der Waals surface area contributed by atoms with Crippen molar-refractivity contribution >= 4 is 46.9 Å². The Kier molecular flexibility index (Phi) is 6.28. The molecule has 3 rings (SSSR count). The Balaban J connectivity index is 1.58. The third kappa shape index (κ3) is 5.12. The van der Waals surface area contributed by atoms with Crippen molar-refractivity contribution in [1.29, 1.82) is 0 Å². The Bertz CT molecular complexity index is 694. The second-order valence-corrected chi connectivity index (χ2v) is 9.21. The molecule has 2 heterocycles. The lowest BCUT2D eigenvalue weighted by molar-refractivity contribution is -0.00621. The van der Waals surface area contributed by atoms with E-state index in [1.807, 2.05) is 0 Å². The molecular formula is C18H20Cl3NO5. The quantitative estimate of drug-likeness (QED) is 0.518. The Labute approximate surface area is 172 Å². The summed E-state index contributed by atoms with van der Waals surface area (Å²) in [5.41, 5.74) is 0.436. The molecule has 2 saturated heterocycles. The fourth-order valence-electron chi connectivity index (χ4n) is 3.71. The van der Waals surface area contributed by atoms with Gasteiger partial charge in [0.05, 0.1) is 12.7 Å². The van der Waals surface area contributed by atoms with Crippen molar-refractivity contribution in [1.82, 2.24) is 4.90 Å². The zero-order valence-electron chi connectivity index (χ0n) is 14.7. The number of alkyl halides is 3. The molecular weight excluding hydrogens is 417 g/mol. The number of carbonyl (C=O) groups excluding carboxylic acids is 2. The summed E-state index contributed by atoms with van der Waals surface area (Å²) in [6, 6.07) is 6.73. The Morgan fingerprint density at radius 2 is 1.85 bits per heavy atom. The van der Waals surface area contributed by atoms with Crippen LogP contribution in [0.5, 0.6) is 5.75 Å². The summed E-state index contributed by atoms with van der Waals surface area (Å²) in [5.74, 6) is 0.196. The van der Waals surface area contributed by atoms with E-state index in [0.29, 0.717) is 24.2 Å². The topological polar surface area (TPSA) is 65.1 Å². The van der Waals surface area contributed by atoms with E-state index in [4.69, 9.17) is 49.0 Å². The molecule has 0 saturated carbocycles. The number of methoxy groups -OCH3 is 1. The van der Waals surface area contributed by atoms with Gasteiger partial charge in [0.25, 0.3) is 0 Å². The van der Waals surface area contributed by atoms with Crippen LogP contribution in [0.15, 0.2) is 24.3 Å². The van der Waals surface area contributed by atoms with E-state index in [-0.39, 0.29) is 24.8 Å². The van der Waals surface area contributed by atoms with Gasteiger partial charge in [0.2, 0.25) is 3.79 Å². The molecule has 0 radical (unpaired) electrons. The van der Waals surface area contributed by atoms with Crippen LogP contribution in [0.2, 0.25) is 0 Å². The molecule has 0 N–H and O–H groups in total. The molecule has 1 amide bonds. The largest absolute Gasteiger partial charge is 0.497 e. The fourth-order valence-corrected chi connectivity index (χ4v) is 3.87. The summed E-state index contributed by atoms with van der Waals surface area (Å²) in [7, 11) is 1.54. The van der Waals surface area contributed by atoms with E-state index >= 15 is 0 Å². The van der Waals surface area contributed by atoms with E-state index in [0.717, 1.165) is 12.8 Å². The zero-order chi connectivity index (χ0) is 19.6. The van der Waals surface area contributed by atoms with Crippen molar-refractivity contribution in [2.45, 2.75) is 47.7 Å². The number of carbonyl (C=O) groups is 2. The number of esters is 1. The Morgan fingerprint density at radius 1 is 1.19 bits per heavy atom. The van der Waals surface area contributed by atoms with E-state index in [2.05, 4.69) is 0 Å². The third-order valence-corrected chi connectivity index (χ3v) is 5.17. The summed E-state index contributed by atoms with van der Waals surface area (Å²) in [4.78, 5) is 26.4. The second-order valence-electron chi connectivity index (χ2n) is 6.69. The first-order chi connectivity index (χ1) is 12.8. The number of hydrogen-bond acceptors (Lipinski definition) is 5. The van der Waals surface area contributed by atoms with Crippen molar-refractivity contribution in [2.24, 2.45) is 0 Å². The predicted octanol–water partition coefficient (Wildman–Crippen LogP) is 4.35. The van der Waals surface area contributed by atoms with Crippen LogP contribution in [0.1, 0.15) is 36.0 Å². The molecule has 2 fully saturated rings. The van der Waals surface area contributed by atoms with Gasteiger partial charge in [0.15, 0.2) is 0 Å². The SMILES string of the molecule is COc1cccc(C(=O)OC2C[C@H]3CC[C@@H](C2)N3C(=O)OCC(Cl)(Cl)Cl)c1. The molecule has 3 atom stereocenters. The van der Waals surface area contributed by atoms with E-state index in [1.165, 1.54) is 0 Å². The Hall–Kier alpha value is -1.37. The summed E-state index contributed by atoms with van der Waals surface area (Å²) < 4.78 is 14.3. The number of halogens is 3. The molecule has 2 aliphatic rings. The van der Waals surface area contributed by atoms with Crippen LogP contribution < -0.4 is 4.74 Å². The van der Waals surface area contributed by atoms with Crippen LogP contribution in [0.3, 0.4) is 0 Å². The summed E-state index contributed by atoms with van der Waals surface area (Å²) in [6.45, 7) is -0.305. The molecule has 2 bridgehead atoms. The minimum absolute atomic E-state index is 0.0465. The molecule has 0 aromatic heterocycles. The van der Waals surface area contributed by atoms with Gasteiger partial charge < -0.3 is 19.1 Å².